The molecule has 0 amide bonds. The molecule has 0 saturated heterocycles. The second-order valence-electron chi connectivity index (χ2n) is 13.9. The fourth-order valence-electron chi connectivity index (χ4n) is 8.43. The minimum Gasteiger partial charge on any atom is -0.505 e. The quantitative estimate of drug-likeness (QED) is 0.163. The van der Waals surface area contributed by atoms with Gasteiger partial charge in [0.05, 0.1) is 17.6 Å². The lowest BCUT2D eigenvalue weighted by molar-refractivity contribution is -0.284. The minimum atomic E-state index is -5.68. The van der Waals surface area contributed by atoms with Crippen molar-refractivity contribution in [2.75, 3.05) is 31.6 Å². The van der Waals surface area contributed by atoms with Crippen LogP contribution in [0.4, 0.5) is 26.3 Å². The summed E-state index contributed by atoms with van der Waals surface area (Å²) in [6.45, 7) is 3.43. The van der Waals surface area contributed by atoms with Crippen LogP contribution in [-0.2, 0) is 16.3 Å². The van der Waals surface area contributed by atoms with Gasteiger partial charge in [0, 0.05) is 6.42 Å². The minimum absolute atomic E-state index is 0.114. The summed E-state index contributed by atoms with van der Waals surface area (Å²) >= 11 is 0. The fraction of sp³-hybridized carbons (Fsp3) is 0.812. The Morgan fingerprint density at radius 2 is 1.66 bits per heavy atom. The lowest BCUT2D eigenvalue weighted by atomic mass is 9.52. The summed E-state index contributed by atoms with van der Waals surface area (Å²) in [5.74, 6) is -5.36. The lowest BCUT2D eigenvalue weighted by Gasteiger charge is -2.53. The summed E-state index contributed by atoms with van der Waals surface area (Å²) < 4.78 is 102. The topological polar surface area (TPSA) is 77.8 Å². The number of phenolic OH excluding ortho intramolecular Hbond substituents is 1. The average Bonchev–Trinajstić information content (AvgIpc) is 3.22. The molecule has 6 atom stereocenters. The van der Waals surface area contributed by atoms with E-state index in [2.05, 4.69) is 6.92 Å². The third-order valence-corrected chi connectivity index (χ3v) is 12.7. The molecule has 3 aliphatic rings. The third-order valence-electron chi connectivity index (χ3n) is 10.9. The summed E-state index contributed by atoms with van der Waals surface area (Å²) in [5, 5.41) is 20.9. The molecule has 0 aliphatic heterocycles. The zero-order valence-electron chi connectivity index (χ0n) is 25.7. The zero-order valence-corrected chi connectivity index (χ0v) is 26.5. The highest BCUT2D eigenvalue weighted by atomic mass is 32.2. The Bertz CT molecular complexity index is 1240. The van der Waals surface area contributed by atoms with Crippen LogP contribution < -0.4 is 0 Å². The van der Waals surface area contributed by atoms with Gasteiger partial charge in [-0.2, -0.15) is 22.0 Å². The number of halogens is 6. The van der Waals surface area contributed by atoms with Crippen molar-refractivity contribution in [1.29, 1.82) is 0 Å². The number of rotatable bonds is 14. The number of aromatic hydroxyl groups is 1. The molecule has 12 heteroatoms. The van der Waals surface area contributed by atoms with E-state index in [1.165, 1.54) is 6.07 Å². The maximum absolute atomic E-state index is 14.4. The number of nitrogens with zero attached hydrogens (tertiary/aromatic N) is 1. The predicted octanol–water partition coefficient (Wildman–Crippen LogP) is 7.25. The number of aliphatic hydroxyl groups is 1. The highest BCUT2D eigenvalue weighted by Gasteiger charge is 2.57. The molecule has 0 bridgehead atoms. The summed E-state index contributed by atoms with van der Waals surface area (Å²) in [7, 11) is -1.84. The number of hydrogen-bond acceptors (Lipinski definition) is 5. The molecule has 5 nitrogen and oxygen atoms in total. The average molecular weight is 656 g/mol. The van der Waals surface area contributed by atoms with Crippen molar-refractivity contribution < 1.29 is 45.0 Å². The molecule has 2 fully saturated rings. The second-order valence-corrected chi connectivity index (χ2v) is 16.2. The summed E-state index contributed by atoms with van der Waals surface area (Å²) in [4.78, 5) is 2.00. The first-order valence-electron chi connectivity index (χ1n) is 16.0. The van der Waals surface area contributed by atoms with Crippen molar-refractivity contribution in [3.63, 3.8) is 0 Å². The van der Waals surface area contributed by atoms with Crippen molar-refractivity contribution in [2.45, 2.75) is 108 Å². The number of alkyl halides is 5. The smallest absolute Gasteiger partial charge is 0.453 e. The van der Waals surface area contributed by atoms with Gasteiger partial charge in [0.2, 0.25) is 0 Å². The number of sulfone groups is 1. The first kappa shape index (κ1) is 35.3. The van der Waals surface area contributed by atoms with Gasteiger partial charge in [0.15, 0.2) is 11.6 Å². The van der Waals surface area contributed by atoms with E-state index in [0.717, 1.165) is 75.5 Å². The van der Waals surface area contributed by atoms with Crippen LogP contribution in [0.25, 0.3) is 0 Å². The molecule has 1 aromatic rings. The number of unbranched alkanes of at least 4 members (excludes halogenated alkanes) is 2. The Morgan fingerprint density at radius 3 is 2.36 bits per heavy atom. The van der Waals surface area contributed by atoms with Gasteiger partial charge in [-0.15, -0.1) is 0 Å². The van der Waals surface area contributed by atoms with Crippen LogP contribution in [0.5, 0.6) is 5.75 Å². The summed E-state index contributed by atoms with van der Waals surface area (Å²) in [6.07, 6.45) is 0.264. The number of hydrogen-bond donors (Lipinski definition) is 2. The maximum atomic E-state index is 14.4. The van der Waals surface area contributed by atoms with Crippen molar-refractivity contribution in [1.82, 2.24) is 4.90 Å². The first-order valence-corrected chi connectivity index (χ1v) is 17.8. The third kappa shape index (κ3) is 7.88. The Morgan fingerprint density at radius 1 is 0.977 bits per heavy atom. The molecule has 0 unspecified atom stereocenters. The van der Waals surface area contributed by atoms with E-state index in [0.29, 0.717) is 24.3 Å². The Kier molecular flexibility index (Phi) is 11.0. The largest absolute Gasteiger partial charge is 0.505 e. The van der Waals surface area contributed by atoms with Gasteiger partial charge >= 0.3 is 12.1 Å². The molecule has 3 aliphatic carbocycles. The van der Waals surface area contributed by atoms with Crippen molar-refractivity contribution in [3.05, 3.63) is 29.1 Å². The second kappa shape index (κ2) is 13.7. The molecule has 2 saturated carbocycles. The molecule has 252 valence electrons. The molecule has 44 heavy (non-hydrogen) atoms. The van der Waals surface area contributed by atoms with E-state index >= 15 is 0 Å². The van der Waals surface area contributed by atoms with E-state index < -0.39 is 46.3 Å². The van der Waals surface area contributed by atoms with Crippen molar-refractivity contribution in [2.24, 2.45) is 23.2 Å². The van der Waals surface area contributed by atoms with E-state index in [1.807, 2.05) is 11.9 Å². The van der Waals surface area contributed by atoms with Gasteiger partial charge in [-0.25, -0.2) is 12.8 Å². The molecular formula is C32H47F6NO4S. The standard InChI is InChI=1S/C32H47F6NO4S/c1-30-13-11-23-24-20-26(33)27(40)19-22(24)18-21(29(23)25(30)9-10-28(30)41)8-4-3-5-14-39(2)15-7-17-44(42,43)16-6-12-31(34,35)32(36,37)38/h19-21,23,25,28-29,40-41H,3-18H2,1-2H3/t21-,23-,25+,28+,29-,30+/m1/s1. The van der Waals surface area contributed by atoms with Crippen molar-refractivity contribution in [3.8, 4) is 5.75 Å². The van der Waals surface area contributed by atoms with Gasteiger partial charge < -0.3 is 15.1 Å². The predicted molar refractivity (Wildman–Crippen MR) is 157 cm³/mol. The highest BCUT2D eigenvalue weighted by molar-refractivity contribution is 7.91. The van der Waals surface area contributed by atoms with Crippen LogP contribution in [0, 0.1) is 29.0 Å². The van der Waals surface area contributed by atoms with Gasteiger partial charge in [0.1, 0.15) is 9.84 Å². The van der Waals surface area contributed by atoms with E-state index in [1.54, 1.807) is 6.07 Å². The lowest BCUT2D eigenvalue weighted by Crippen LogP contribution is -2.47. The normalized spacial score (nSPS) is 29.0. The Balaban J connectivity index is 1.22. The van der Waals surface area contributed by atoms with Crippen molar-refractivity contribution >= 4 is 9.84 Å². The van der Waals surface area contributed by atoms with E-state index in [9.17, 15) is 45.0 Å². The number of aliphatic hydroxyl groups excluding tert-OH is 1. The van der Waals surface area contributed by atoms with Crippen LogP contribution >= 0.6 is 0 Å². The molecule has 0 radical (unpaired) electrons. The summed E-state index contributed by atoms with van der Waals surface area (Å²) in [6, 6.07) is 3.12. The highest BCUT2D eigenvalue weighted by Crippen LogP contribution is 2.63. The van der Waals surface area contributed by atoms with Crippen LogP contribution in [-0.4, -0.2) is 73.4 Å². The number of benzene rings is 1. The maximum Gasteiger partial charge on any atom is 0.453 e. The van der Waals surface area contributed by atoms with E-state index in [-0.39, 0.29) is 35.4 Å². The number of phenols is 1. The van der Waals surface area contributed by atoms with Crippen LogP contribution in [0.1, 0.15) is 94.6 Å². The molecular weight excluding hydrogens is 608 g/mol. The molecule has 1 aromatic carbocycles. The summed E-state index contributed by atoms with van der Waals surface area (Å²) in [5.41, 5.74) is 1.94. The monoisotopic (exact) mass is 655 g/mol. The Hall–Kier alpha value is -1.53. The molecule has 0 heterocycles. The molecule has 0 aromatic heterocycles. The van der Waals surface area contributed by atoms with E-state index in [4.69, 9.17) is 0 Å². The number of fused-ring (bicyclic) bond motifs is 5. The van der Waals surface area contributed by atoms with Crippen LogP contribution in [0.15, 0.2) is 12.1 Å². The SMILES string of the molecule is CN(CCCCC[C@@H]1Cc2cc(O)c(F)cc2[C@H]2CC[C@]3(C)[C@@H](O)CC[C@H]3[C@H]12)CCCS(=O)(=O)CCCC(F)(F)C(F)(F)F. The Labute approximate surface area is 257 Å². The van der Waals surface area contributed by atoms with Gasteiger partial charge in [-0.3, -0.25) is 0 Å². The molecule has 2 N–H and O–H groups in total. The van der Waals surface area contributed by atoms with Crippen LogP contribution in [0.2, 0.25) is 0 Å². The van der Waals surface area contributed by atoms with Gasteiger partial charge in [-0.05, 0) is 130 Å². The zero-order chi connectivity index (χ0) is 32.5. The van der Waals surface area contributed by atoms with Crippen LogP contribution in [0.3, 0.4) is 0 Å². The fourth-order valence-corrected chi connectivity index (χ4v) is 9.79. The first-order chi connectivity index (χ1) is 20.4. The molecule has 4 rings (SSSR count). The van der Waals surface area contributed by atoms with Gasteiger partial charge in [-0.1, -0.05) is 19.8 Å². The molecule has 0 spiro atoms. The van der Waals surface area contributed by atoms with Gasteiger partial charge in [0.25, 0.3) is 0 Å².